The lowest BCUT2D eigenvalue weighted by Gasteiger charge is -2.42. The first-order valence-electron chi connectivity index (χ1n) is 9.43. The molecule has 0 saturated carbocycles. The lowest BCUT2D eigenvalue weighted by Crippen LogP contribution is -2.54. The Morgan fingerprint density at radius 2 is 1.89 bits per heavy atom. The van der Waals surface area contributed by atoms with Gasteiger partial charge in [0, 0.05) is 37.9 Å². The number of fused-ring (bicyclic) bond motifs is 1. The van der Waals surface area contributed by atoms with Crippen molar-refractivity contribution in [2.75, 3.05) is 26.2 Å². The molecule has 0 atom stereocenters. The molecular formula is C19H25N7O2. The maximum Gasteiger partial charge on any atom is 0.276 e. The molecule has 0 radical (unpaired) electrons. The largest absolute Gasteiger partial charge is 0.336 e. The average molecular weight is 383 g/mol. The van der Waals surface area contributed by atoms with Crippen LogP contribution in [-0.4, -0.2) is 71.8 Å². The first-order valence-corrected chi connectivity index (χ1v) is 9.43. The number of amides is 1. The maximum atomic E-state index is 13.0. The molecule has 9 heteroatoms. The molecule has 3 aromatic rings. The molecule has 0 aliphatic carbocycles. The van der Waals surface area contributed by atoms with Gasteiger partial charge in [-0.1, -0.05) is 0 Å². The Morgan fingerprint density at radius 3 is 2.57 bits per heavy atom. The first kappa shape index (κ1) is 18.4. The lowest BCUT2D eigenvalue weighted by atomic mass is 10.0. The molecule has 9 nitrogen and oxygen atoms in total. The Balaban J connectivity index is 1.58. The van der Waals surface area contributed by atoms with Crippen LogP contribution in [0, 0.1) is 6.92 Å². The molecule has 0 spiro atoms. The highest BCUT2D eigenvalue weighted by Gasteiger charge is 2.29. The molecule has 0 aromatic carbocycles. The SMILES string of the molecule is Cc1c(C(=O)N2CCN(C(C)(C)C)CC2)cnn1-c1nn2cccc2c(=O)[nH]1. The Bertz CT molecular complexity index is 1080. The van der Waals surface area contributed by atoms with Gasteiger partial charge in [0.2, 0.25) is 5.95 Å². The fourth-order valence-electron chi connectivity index (χ4n) is 3.61. The highest BCUT2D eigenvalue weighted by molar-refractivity contribution is 5.95. The molecular weight excluding hydrogens is 358 g/mol. The van der Waals surface area contributed by atoms with Gasteiger partial charge in [0.25, 0.3) is 11.5 Å². The Kier molecular flexibility index (Phi) is 4.34. The number of carbonyl (C=O) groups excluding carboxylic acids is 1. The van der Waals surface area contributed by atoms with E-state index < -0.39 is 0 Å². The summed E-state index contributed by atoms with van der Waals surface area (Å²) in [5.74, 6) is 0.240. The summed E-state index contributed by atoms with van der Waals surface area (Å²) in [6.07, 6.45) is 3.25. The van der Waals surface area contributed by atoms with E-state index in [1.807, 2.05) is 11.8 Å². The third-order valence-electron chi connectivity index (χ3n) is 5.35. The molecule has 1 aliphatic heterocycles. The van der Waals surface area contributed by atoms with Gasteiger partial charge >= 0.3 is 0 Å². The second-order valence-corrected chi connectivity index (χ2v) is 8.12. The summed E-state index contributed by atoms with van der Waals surface area (Å²) in [5.41, 5.74) is 1.49. The minimum Gasteiger partial charge on any atom is -0.336 e. The number of nitrogens with zero attached hydrogens (tertiary/aromatic N) is 6. The number of nitrogens with one attached hydrogen (secondary N) is 1. The summed E-state index contributed by atoms with van der Waals surface area (Å²) in [5, 5.41) is 8.68. The summed E-state index contributed by atoms with van der Waals surface area (Å²) >= 11 is 0. The van der Waals surface area contributed by atoms with Crippen molar-refractivity contribution < 1.29 is 4.79 Å². The van der Waals surface area contributed by atoms with Crippen molar-refractivity contribution in [3.63, 3.8) is 0 Å². The van der Waals surface area contributed by atoms with E-state index >= 15 is 0 Å². The zero-order chi connectivity index (χ0) is 20.1. The Morgan fingerprint density at radius 1 is 1.18 bits per heavy atom. The number of hydrogen-bond donors (Lipinski definition) is 1. The van der Waals surface area contributed by atoms with Crippen LogP contribution in [-0.2, 0) is 0 Å². The number of piperazine rings is 1. The second kappa shape index (κ2) is 6.59. The summed E-state index contributed by atoms with van der Waals surface area (Å²) in [7, 11) is 0. The summed E-state index contributed by atoms with van der Waals surface area (Å²) in [6, 6.07) is 3.45. The van der Waals surface area contributed by atoms with Gasteiger partial charge in [-0.25, -0.2) is 9.20 Å². The second-order valence-electron chi connectivity index (χ2n) is 8.12. The van der Waals surface area contributed by atoms with Gasteiger partial charge in [0.05, 0.1) is 17.5 Å². The number of hydrogen-bond acceptors (Lipinski definition) is 5. The van der Waals surface area contributed by atoms with Crippen LogP contribution < -0.4 is 5.56 Å². The monoisotopic (exact) mass is 383 g/mol. The lowest BCUT2D eigenvalue weighted by molar-refractivity contribution is 0.0450. The zero-order valence-electron chi connectivity index (χ0n) is 16.6. The van der Waals surface area contributed by atoms with Crippen LogP contribution in [0.5, 0.6) is 0 Å². The highest BCUT2D eigenvalue weighted by Crippen LogP contribution is 2.19. The predicted octanol–water partition coefficient (Wildman–Crippen LogP) is 1.07. The van der Waals surface area contributed by atoms with Crippen molar-refractivity contribution in [2.45, 2.75) is 33.2 Å². The van der Waals surface area contributed by atoms with Crippen molar-refractivity contribution in [3.8, 4) is 5.95 Å². The Labute approximate surface area is 162 Å². The molecule has 1 fully saturated rings. The van der Waals surface area contributed by atoms with Crippen LogP contribution in [0.4, 0.5) is 0 Å². The standard InChI is InChI=1S/C19H25N7O2/c1-13-14(17(28)23-8-10-24(11-9-23)19(2,3)4)12-20-26(13)18-21-16(27)15-6-5-7-25(15)22-18/h5-7,12H,8-11H2,1-4H3,(H,21,22,27). The first-order chi connectivity index (χ1) is 13.3. The molecule has 1 amide bonds. The fraction of sp³-hybridized carbons (Fsp3) is 0.474. The Hall–Kier alpha value is -2.94. The van der Waals surface area contributed by atoms with E-state index in [2.05, 4.69) is 40.9 Å². The van der Waals surface area contributed by atoms with Crippen LogP contribution >= 0.6 is 0 Å². The van der Waals surface area contributed by atoms with E-state index in [9.17, 15) is 9.59 Å². The molecule has 0 unspecified atom stereocenters. The van der Waals surface area contributed by atoms with Crippen LogP contribution in [0.25, 0.3) is 11.5 Å². The zero-order valence-corrected chi connectivity index (χ0v) is 16.6. The van der Waals surface area contributed by atoms with Gasteiger partial charge in [-0.3, -0.25) is 19.5 Å². The number of carbonyl (C=O) groups is 1. The summed E-state index contributed by atoms with van der Waals surface area (Å²) in [4.78, 5) is 32.2. The predicted molar refractivity (Wildman–Crippen MR) is 105 cm³/mol. The number of aromatic nitrogens is 5. The van der Waals surface area contributed by atoms with E-state index in [4.69, 9.17) is 0 Å². The van der Waals surface area contributed by atoms with Crippen molar-refractivity contribution in [3.05, 3.63) is 46.1 Å². The van der Waals surface area contributed by atoms with Crippen LogP contribution in [0.1, 0.15) is 36.8 Å². The minimum absolute atomic E-state index is 0.0401. The van der Waals surface area contributed by atoms with Gasteiger partial charge in [0.15, 0.2) is 0 Å². The normalized spacial score (nSPS) is 16.1. The number of H-pyrrole nitrogens is 1. The number of rotatable bonds is 2. The van der Waals surface area contributed by atoms with Crippen molar-refractivity contribution in [1.29, 1.82) is 0 Å². The van der Waals surface area contributed by atoms with Gasteiger partial charge in [-0.05, 0) is 39.8 Å². The quantitative estimate of drug-likeness (QED) is 0.715. The van der Waals surface area contributed by atoms with Crippen LogP contribution in [0.3, 0.4) is 0 Å². The fourth-order valence-corrected chi connectivity index (χ4v) is 3.61. The molecule has 28 heavy (non-hydrogen) atoms. The van der Waals surface area contributed by atoms with E-state index in [0.29, 0.717) is 29.9 Å². The molecule has 4 rings (SSSR count). The van der Waals surface area contributed by atoms with Gasteiger partial charge in [-0.2, -0.15) is 5.10 Å². The third-order valence-corrected chi connectivity index (χ3v) is 5.35. The third kappa shape index (κ3) is 3.11. The van der Waals surface area contributed by atoms with Gasteiger partial charge in [0.1, 0.15) is 5.52 Å². The van der Waals surface area contributed by atoms with Crippen molar-refractivity contribution >= 4 is 11.4 Å². The van der Waals surface area contributed by atoms with E-state index in [-0.39, 0.29) is 23.0 Å². The van der Waals surface area contributed by atoms with Crippen molar-refractivity contribution in [1.82, 2.24) is 34.2 Å². The van der Waals surface area contributed by atoms with E-state index in [1.165, 1.54) is 9.20 Å². The maximum absolute atomic E-state index is 13.0. The molecule has 1 N–H and O–H groups in total. The highest BCUT2D eigenvalue weighted by atomic mass is 16.2. The van der Waals surface area contributed by atoms with Crippen LogP contribution in [0.15, 0.2) is 29.3 Å². The summed E-state index contributed by atoms with van der Waals surface area (Å²) < 4.78 is 3.00. The topological polar surface area (TPSA) is 91.5 Å². The van der Waals surface area contributed by atoms with E-state index in [1.54, 1.807) is 24.5 Å². The molecule has 148 valence electrons. The van der Waals surface area contributed by atoms with E-state index in [0.717, 1.165) is 13.1 Å². The molecule has 0 bridgehead atoms. The molecule has 4 heterocycles. The number of aromatic amines is 1. The van der Waals surface area contributed by atoms with Gasteiger partial charge in [-0.15, -0.1) is 5.10 Å². The smallest absolute Gasteiger partial charge is 0.276 e. The van der Waals surface area contributed by atoms with Gasteiger partial charge < -0.3 is 4.90 Å². The molecule has 1 aliphatic rings. The van der Waals surface area contributed by atoms with Crippen molar-refractivity contribution in [2.24, 2.45) is 0 Å². The average Bonchev–Trinajstić information content (AvgIpc) is 3.27. The minimum atomic E-state index is -0.254. The van der Waals surface area contributed by atoms with Crippen LogP contribution in [0.2, 0.25) is 0 Å². The molecule has 3 aromatic heterocycles. The summed E-state index contributed by atoms with van der Waals surface area (Å²) in [6.45, 7) is 11.4. The molecule has 1 saturated heterocycles.